The van der Waals surface area contributed by atoms with Crippen LogP contribution in [0, 0.1) is 0 Å². The molecular formula is C13H18N2O2. The first kappa shape index (κ1) is 11.9. The van der Waals surface area contributed by atoms with Crippen LogP contribution in [0.1, 0.15) is 37.4 Å². The van der Waals surface area contributed by atoms with E-state index in [1.54, 1.807) is 0 Å². The fourth-order valence-corrected chi connectivity index (χ4v) is 2.26. The van der Waals surface area contributed by atoms with E-state index in [0.29, 0.717) is 0 Å². The number of hydrogen-bond donors (Lipinski definition) is 2. The molecule has 0 aromatic heterocycles. The summed E-state index contributed by atoms with van der Waals surface area (Å²) >= 11 is 0. The van der Waals surface area contributed by atoms with Crippen molar-refractivity contribution in [3.05, 3.63) is 29.3 Å². The number of carbonyl (C=O) groups is 1. The zero-order valence-electron chi connectivity index (χ0n) is 10.2. The quantitative estimate of drug-likeness (QED) is 0.826. The van der Waals surface area contributed by atoms with Crippen LogP contribution >= 0.6 is 0 Å². The zero-order valence-corrected chi connectivity index (χ0v) is 10.2. The van der Waals surface area contributed by atoms with E-state index in [-0.39, 0.29) is 12.0 Å². The Morgan fingerprint density at radius 2 is 2.24 bits per heavy atom. The van der Waals surface area contributed by atoms with Crippen LogP contribution in [0.15, 0.2) is 18.2 Å². The Morgan fingerprint density at radius 3 is 2.88 bits per heavy atom. The summed E-state index contributed by atoms with van der Waals surface area (Å²) in [7, 11) is 0. The van der Waals surface area contributed by atoms with E-state index < -0.39 is 11.9 Å². The molecule has 0 aliphatic carbocycles. The molecule has 17 heavy (non-hydrogen) atoms. The summed E-state index contributed by atoms with van der Waals surface area (Å²) in [4.78, 5) is 10.9. The normalized spacial score (nSPS) is 18.3. The first-order valence-electron chi connectivity index (χ1n) is 5.74. The van der Waals surface area contributed by atoms with E-state index in [4.69, 9.17) is 16.2 Å². The average Bonchev–Trinajstić information content (AvgIpc) is 2.49. The first-order valence-corrected chi connectivity index (χ1v) is 5.74. The van der Waals surface area contributed by atoms with Crippen molar-refractivity contribution in [2.24, 2.45) is 11.5 Å². The van der Waals surface area contributed by atoms with Crippen molar-refractivity contribution in [1.29, 1.82) is 0 Å². The first-order chi connectivity index (χ1) is 7.89. The Morgan fingerprint density at radius 1 is 1.53 bits per heavy atom. The molecule has 92 valence electrons. The molecule has 4 nitrogen and oxygen atoms in total. The number of carbonyl (C=O) groups excluding carboxylic acids is 1. The van der Waals surface area contributed by atoms with E-state index >= 15 is 0 Å². The van der Waals surface area contributed by atoms with Gasteiger partial charge in [0.25, 0.3) is 0 Å². The van der Waals surface area contributed by atoms with Gasteiger partial charge in [0.1, 0.15) is 11.4 Å². The van der Waals surface area contributed by atoms with Crippen molar-refractivity contribution in [2.45, 2.75) is 38.3 Å². The number of primary amides is 1. The minimum atomic E-state index is -0.396. The topological polar surface area (TPSA) is 78.3 Å². The van der Waals surface area contributed by atoms with Crippen molar-refractivity contribution in [3.8, 4) is 5.75 Å². The number of hydrogen-bond acceptors (Lipinski definition) is 3. The van der Waals surface area contributed by atoms with Gasteiger partial charge < -0.3 is 16.2 Å². The molecule has 0 unspecified atom stereocenters. The maximum atomic E-state index is 10.9. The van der Waals surface area contributed by atoms with Gasteiger partial charge in [-0.25, -0.2) is 0 Å². The average molecular weight is 234 g/mol. The van der Waals surface area contributed by atoms with Crippen LogP contribution < -0.4 is 16.2 Å². The molecule has 1 aromatic carbocycles. The van der Waals surface area contributed by atoms with Crippen molar-refractivity contribution in [3.63, 3.8) is 0 Å². The summed E-state index contributed by atoms with van der Waals surface area (Å²) in [6.45, 7) is 4.08. The van der Waals surface area contributed by atoms with Crippen LogP contribution in [0.4, 0.5) is 0 Å². The molecule has 2 rings (SSSR count). The van der Waals surface area contributed by atoms with E-state index in [1.165, 1.54) is 0 Å². The van der Waals surface area contributed by atoms with Crippen molar-refractivity contribution < 1.29 is 9.53 Å². The van der Waals surface area contributed by atoms with Crippen LogP contribution in [0.3, 0.4) is 0 Å². The largest absolute Gasteiger partial charge is 0.487 e. The SMILES string of the molecule is CC1(C)Cc2cccc([C@H](N)CC(N)=O)c2O1. The lowest BCUT2D eigenvalue weighted by Gasteiger charge is -2.19. The Hall–Kier alpha value is -1.55. The fourth-order valence-electron chi connectivity index (χ4n) is 2.26. The van der Waals surface area contributed by atoms with Crippen LogP contribution in [0.25, 0.3) is 0 Å². The van der Waals surface area contributed by atoms with Crippen molar-refractivity contribution in [1.82, 2.24) is 0 Å². The summed E-state index contributed by atoms with van der Waals surface area (Å²) in [5.41, 5.74) is 13.0. The molecular weight excluding hydrogens is 216 g/mol. The number of benzene rings is 1. The summed E-state index contributed by atoms with van der Waals surface area (Å²) < 4.78 is 5.90. The molecule has 1 aromatic rings. The van der Waals surface area contributed by atoms with Gasteiger partial charge in [0.15, 0.2) is 0 Å². The Kier molecular flexibility index (Phi) is 2.83. The summed E-state index contributed by atoms with van der Waals surface area (Å²) in [5, 5.41) is 0. The van der Waals surface area contributed by atoms with Gasteiger partial charge in [-0.05, 0) is 19.4 Å². The van der Waals surface area contributed by atoms with E-state index in [1.807, 2.05) is 32.0 Å². The number of amides is 1. The van der Waals surface area contributed by atoms with E-state index in [9.17, 15) is 4.79 Å². The number of rotatable bonds is 3. The van der Waals surface area contributed by atoms with Gasteiger partial charge in [0.2, 0.25) is 5.91 Å². The highest BCUT2D eigenvalue weighted by atomic mass is 16.5. The van der Waals surface area contributed by atoms with Gasteiger partial charge in [-0.15, -0.1) is 0 Å². The molecule has 0 spiro atoms. The summed E-state index contributed by atoms with van der Waals surface area (Å²) in [6, 6.07) is 5.48. The van der Waals surface area contributed by atoms with Gasteiger partial charge >= 0.3 is 0 Å². The second kappa shape index (κ2) is 4.04. The maximum absolute atomic E-state index is 10.9. The van der Waals surface area contributed by atoms with Gasteiger partial charge in [-0.1, -0.05) is 18.2 Å². The van der Waals surface area contributed by atoms with Gasteiger partial charge in [-0.2, -0.15) is 0 Å². The van der Waals surface area contributed by atoms with Crippen LogP contribution in [-0.4, -0.2) is 11.5 Å². The molecule has 1 amide bonds. The number of para-hydroxylation sites is 1. The monoisotopic (exact) mass is 234 g/mol. The lowest BCUT2D eigenvalue weighted by molar-refractivity contribution is -0.118. The molecule has 1 heterocycles. The van der Waals surface area contributed by atoms with Gasteiger partial charge in [0, 0.05) is 24.4 Å². The minimum absolute atomic E-state index is 0.139. The highest BCUT2D eigenvalue weighted by molar-refractivity contribution is 5.75. The van der Waals surface area contributed by atoms with Gasteiger partial charge in [-0.3, -0.25) is 4.79 Å². The number of ether oxygens (including phenoxy) is 1. The molecule has 0 fully saturated rings. The predicted octanol–water partition coefficient (Wildman–Crippen LogP) is 1.28. The standard InChI is InChI=1S/C13H18N2O2/c1-13(2)7-8-4-3-5-9(12(8)17-13)10(14)6-11(15)16/h3-5,10H,6-7,14H2,1-2H3,(H2,15,16)/t10-/m1/s1. The highest BCUT2D eigenvalue weighted by Crippen LogP contribution is 2.39. The van der Waals surface area contributed by atoms with Crippen LogP contribution in [0.2, 0.25) is 0 Å². The second-order valence-corrected chi connectivity index (χ2v) is 5.15. The van der Waals surface area contributed by atoms with Gasteiger partial charge in [0.05, 0.1) is 0 Å². The summed E-state index contributed by atoms with van der Waals surface area (Å²) in [5.74, 6) is 0.429. The third-order valence-electron chi connectivity index (χ3n) is 2.94. The maximum Gasteiger partial charge on any atom is 0.219 e. The van der Waals surface area contributed by atoms with E-state index in [2.05, 4.69) is 0 Å². The van der Waals surface area contributed by atoms with Crippen LogP contribution in [0.5, 0.6) is 5.75 Å². The molecule has 4 heteroatoms. The molecule has 0 radical (unpaired) electrons. The molecule has 0 bridgehead atoms. The third kappa shape index (κ3) is 2.42. The smallest absolute Gasteiger partial charge is 0.219 e. The fraction of sp³-hybridized carbons (Fsp3) is 0.462. The van der Waals surface area contributed by atoms with Crippen LogP contribution in [-0.2, 0) is 11.2 Å². The zero-order chi connectivity index (χ0) is 12.6. The molecule has 0 saturated heterocycles. The molecule has 0 saturated carbocycles. The molecule has 1 aliphatic heterocycles. The Bertz CT molecular complexity index is 455. The number of fused-ring (bicyclic) bond motifs is 1. The summed E-state index contributed by atoms with van der Waals surface area (Å²) in [6.07, 6.45) is 1.000. The third-order valence-corrected chi connectivity index (χ3v) is 2.94. The predicted molar refractivity (Wildman–Crippen MR) is 65.6 cm³/mol. The Balaban J connectivity index is 2.32. The molecule has 1 aliphatic rings. The van der Waals surface area contributed by atoms with Crippen molar-refractivity contribution >= 4 is 5.91 Å². The molecule has 1 atom stereocenters. The Labute approximate surface area is 101 Å². The lowest BCUT2D eigenvalue weighted by Crippen LogP contribution is -2.25. The minimum Gasteiger partial charge on any atom is -0.487 e. The number of nitrogens with two attached hydrogens (primary N) is 2. The van der Waals surface area contributed by atoms with Crippen molar-refractivity contribution in [2.75, 3.05) is 0 Å². The highest BCUT2D eigenvalue weighted by Gasteiger charge is 2.32. The van der Waals surface area contributed by atoms with E-state index in [0.717, 1.165) is 23.3 Å². The molecule has 4 N–H and O–H groups in total. The second-order valence-electron chi connectivity index (χ2n) is 5.15. The lowest BCUT2D eigenvalue weighted by atomic mass is 9.97.